The molecule has 0 bridgehead atoms. The molecule has 0 radical (unpaired) electrons. The number of hydrogen-bond donors (Lipinski definition) is 1. The maximum Gasteiger partial charge on any atom is 0.321 e. The van der Waals surface area contributed by atoms with Gasteiger partial charge >= 0.3 is 6.03 Å². The number of rotatable bonds is 4. The summed E-state index contributed by atoms with van der Waals surface area (Å²) in [5.74, 6) is 0.00110. The Labute approximate surface area is 165 Å². The van der Waals surface area contributed by atoms with Gasteiger partial charge in [-0.2, -0.15) is 0 Å². The number of ketones is 1. The smallest absolute Gasteiger partial charge is 0.321 e. The zero-order valence-corrected chi connectivity index (χ0v) is 16.9. The van der Waals surface area contributed by atoms with E-state index in [1.807, 2.05) is 62.6 Å². The van der Waals surface area contributed by atoms with Gasteiger partial charge in [0.2, 0.25) is 0 Å². The number of carbonyl (C=O) groups excluding carboxylic acids is 2. The molecule has 3 rings (SSSR count). The SMILES string of the molecule is CSc1ccccc1C(=O)C1CCCN(C(=O)Nc2ccc(C)c(C)c2)C1. The zero-order chi connectivity index (χ0) is 19.4. The number of nitrogens with zero attached hydrogens (tertiary/aromatic N) is 1. The molecule has 0 aliphatic carbocycles. The van der Waals surface area contributed by atoms with Crippen LogP contribution in [0.5, 0.6) is 0 Å². The van der Waals surface area contributed by atoms with Crippen LogP contribution in [0.4, 0.5) is 10.5 Å². The highest BCUT2D eigenvalue weighted by Gasteiger charge is 2.30. The third kappa shape index (κ3) is 4.53. The van der Waals surface area contributed by atoms with E-state index in [1.54, 1.807) is 16.7 Å². The predicted molar refractivity (Wildman–Crippen MR) is 112 cm³/mol. The van der Waals surface area contributed by atoms with Gasteiger partial charge in [-0.05, 0) is 62.3 Å². The number of likely N-dealkylation sites (tertiary alicyclic amines) is 1. The first kappa shape index (κ1) is 19.5. The second-order valence-electron chi connectivity index (χ2n) is 7.08. The number of nitrogens with one attached hydrogen (secondary N) is 1. The highest BCUT2D eigenvalue weighted by Crippen LogP contribution is 2.27. The molecule has 0 aromatic heterocycles. The van der Waals surface area contributed by atoms with Crippen molar-refractivity contribution in [1.82, 2.24) is 4.90 Å². The lowest BCUT2D eigenvalue weighted by Crippen LogP contribution is -2.44. The number of anilines is 1. The van der Waals surface area contributed by atoms with E-state index in [0.29, 0.717) is 13.1 Å². The van der Waals surface area contributed by atoms with Crippen molar-refractivity contribution in [1.29, 1.82) is 0 Å². The maximum absolute atomic E-state index is 13.0. The number of hydrogen-bond acceptors (Lipinski definition) is 3. The second kappa shape index (κ2) is 8.61. The van der Waals surface area contributed by atoms with Crippen LogP contribution in [0, 0.1) is 19.8 Å². The molecule has 27 heavy (non-hydrogen) atoms. The fourth-order valence-corrected chi connectivity index (χ4v) is 4.07. The first-order valence-corrected chi connectivity index (χ1v) is 10.5. The van der Waals surface area contributed by atoms with Crippen LogP contribution in [0.2, 0.25) is 0 Å². The van der Waals surface area contributed by atoms with Crippen LogP contribution in [0.1, 0.15) is 34.3 Å². The van der Waals surface area contributed by atoms with E-state index in [0.717, 1.165) is 34.6 Å². The average Bonchev–Trinajstić information content (AvgIpc) is 2.70. The van der Waals surface area contributed by atoms with Crippen LogP contribution < -0.4 is 5.32 Å². The Balaban J connectivity index is 1.69. The normalized spacial score (nSPS) is 16.9. The van der Waals surface area contributed by atoms with Crippen molar-refractivity contribution in [3.63, 3.8) is 0 Å². The molecule has 0 spiro atoms. The van der Waals surface area contributed by atoms with Crippen molar-refractivity contribution in [2.24, 2.45) is 5.92 Å². The topological polar surface area (TPSA) is 49.4 Å². The molecule has 1 heterocycles. The van der Waals surface area contributed by atoms with Crippen LogP contribution in [0.3, 0.4) is 0 Å². The van der Waals surface area contributed by atoms with Crippen LogP contribution in [-0.4, -0.2) is 36.1 Å². The zero-order valence-electron chi connectivity index (χ0n) is 16.1. The molecule has 2 amide bonds. The van der Waals surface area contributed by atoms with Crippen molar-refractivity contribution >= 4 is 29.3 Å². The highest BCUT2D eigenvalue weighted by atomic mass is 32.2. The van der Waals surface area contributed by atoms with E-state index in [-0.39, 0.29) is 17.7 Å². The first-order chi connectivity index (χ1) is 13.0. The molecule has 5 heteroatoms. The molecule has 1 N–H and O–H groups in total. The largest absolute Gasteiger partial charge is 0.324 e. The second-order valence-corrected chi connectivity index (χ2v) is 7.93. The predicted octanol–water partition coefficient (Wildman–Crippen LogP) is 5.15. The lowest BCUT2D eigenvalue weighted by molar-refractivity contribution is 0.0848. The van der Waals surface area contributed by atoms with E-state index >= 15 is 0 Å². The third-order valence-electron chi connectivity index (χ3n) is 5.21. The van der Waals surface area contributed by atoms with Crippen molar-refractivity contribution in [2.45, 2.75) is 31.6 Å². The Kier molecular flexibility index (Phi) is 6.22. The van der Waals surface area contributed by atoms with Crippen LogP contribution >= 0.6 is 11.8 Å². The van der Waals surface area contributed by atoms with Gasteiger partial charge in [0.05, 0.1) is 0 Å². The quantitative estimate of drug-likeness (QED) is 0.587. The number of benzene rings is 2. The molecule has 4 nitrogen and oxygen atoms in total. The summed E-state index contributed by atoms with van der Waals surface area (Å²) in [7, 11) is 0. The minimum atomic E-state index is -0.141. The van der Waals surface area contributed by atoms with Gasteiger partial charge in [0.1, 0.15) is 0 Å². The molecular formula is C22H26N2O2S. The molecule has 1 aliphatic heterocycles. The van der Waals surface area contributed by atoms with Crippen molar-refractivity contribution in [3.8, 4) is 0 Å². The number of amides is 2. The summed E-state index contributed by atoms with van der Waals surface area (Å²) in [6.07, 6.45) is 3.66. The van der Waals surface area contributed by atoms with Crippen molar-refractivity contribution < 1.29 is 9.59 Å². The van der Waals surface area contributed by atoms with Gasteiger partial charge in [0, 0.05) is 35.2 Å². The van der Waals surface area contributed by atoms with Gasteiger partial charge in [0.15, 0.2) is 5.78 Å². The molecule has 0 saturated carbocycles. The van der Waals surface area contributed by atoms with Crippen LogP contribution in [-0.2, 0) is 0 Å². The lowest BCUT2D eigenvalue weighted by Gasteiger charge is -2.32. The lowest BCUT2D eigenvalue weighted by atomic mass is 9.90. The van der Waals surface area contributed by atoms with E-state index in [9.17, 15) is 9.59 Å². The van der Waals surface area contributed by atoms with Gasteiger partial charge in [-0.15, -0.1) is 11.8 Å². The summed E-state index contributed by atoms with van der Waals surface area (Å²) in [5, 5.41) is 2.97. The summed E-state index contributed by atoms with van der Waals surface area (Å²) < 4.78 is 0. The molecule has 1 aliphatic rings. The Hall–Kier alpha value is -2.27. The number of piperidine rings is 1. The molecule has 142 valence electrons. The first-order valence-electron chi connectivity index (χ1n) is 9.30. The van der Waals surface area contributed by atoms with E-state index in [2.05, 4.69) is 5.32 Å². The van der Waals surface area contributed by atoms with Crippen molar-refractivity contribution in [3.05, 3.63) is 59.2 Å². The highest BCUT2D eigenvalue weighted by molar-refractivity contribution is 7.98. The summed E-state index contributed by atoms with van der Waals surface area (Å²) in [6, 6.07) is 13.5. The molecule has 1 atom stereocenters. The Morgan fingerprint density at radius 1 is 1.11 bits per heavy atom. The summed E-state index contributed by atoms with van der Waals surface area (Å²) in [5.41, 5.74) is 3.91. The molecular weight excluding hydrogens is 356 g/mol. The number of urea groups is 1. The molecule has 2 aromatic carbocycles. The molecule has 1 unspecified atom stereocenters. The maximum atomic E-state index is 13.0. The number of carbonyl (C=O) groups is 2. The van der Waals surface area contributed by atoms with Gasteiger partial charge in [-0.3, -0.25) is 4.79 Å². The Morgan fingerprint density at radius 2 is 1.89 bits per heavy atom. The Morgan fingerprint density at radius 3 is 2.63 bits per heavy atom. The van der Waals surface area contributed by atoms with Gasteiger partial charge < -0.3 is 10.2 Å². The van der Waals surface area contributed by atoms with E-state index in [1.165, 1.54) is 5.56 Å². The molecule has 1 fully saturated rings. The molecule has 2 aromatic rings. The standard InChI is InChI=1S/C22H26N2O2S/c1-15-10-11-18(13-16(15)2)23-22(26)24-12-6-7-17(14-24)21(25)19-8-4-5-9-20(19)27-3/h4-5,8-11,13,17H,6-7,12,14H2,1-3H3,(H,23,26). The summed E-state index contributed by atoms with van der Waals surface area (Å²) in [4.78, 5) is 28.5. The summed E-state index contributed by atoms with van der Waals surface area (Å²) >= 11 is 1.59. The third-order valence-corrected chi connectivity index (χ3v) is 6.01. The fraction of sp³-hybridized carbons (Fsp3) is 0.364. The van der Waals surface area contributed by atoms with Crippen LogP contribution in [0.15, 0.2) is 47.4 Å². The minimum absolute atomic E-state index is 0.131. The Bertz CT molecular complexity index is 850. The van der Waals surface area contributed by atoms with Crippen LogP contribution in [0.25, 0.3) is 0 Å². The fourth-order valence-electron chi connectivity index (χ4n) is 3.47. The van der Waals surface area contributed by atoms with Gasteiger partial charge in [-0.1, -0.05) is 24.3 Å². The van der Waals surface area contributed by atoms with E-state index < -0.39 is 0 Å². The van der Waals surface area contributed by atoms with Gasteiger partial charge in [0.25, 0.3) is 0 Å². The van der Waals surface area contributed by atoms with Gasteiger partial charge in [-0.25, -0.2) is 4.79 Å². The number of aryl methyl sites for hydroxylation is 2. The molecule has 1 saturated heterocycles. The number of Topliss-reactive ketones (excluding diaryl/α,β-unsaturated/α-hetero) is 1. The summed E-state index contributed by atoms with van der Waals surface area (Å²) in [6.45, 7) is 5.24. The minimum Gasteiger partial charge on any atom is -0.324 e. The monoisotopic (exact) mass is 382 g/mol. The number of thioether (sulfide) groups is 1. The average molecular weight is 383 g/mol. The van der Waals surface area contributed by atoms with E-state index in [4.69, 9.17) is 0 Å². The van der Waals surface area contributed by atoms with Crippen molar-refractivity contribution in [2.75, 3.05) is 24.7 Å².